The number of aryl methyl sites for hydroxylation is 1. The van der Waals surface area contributed by atoms with Crippen LogP contribution in [0.1, 0.15) is 24.8 Å². The predicted octanol–water partition coefficient (Wildman–Crippen LogP) is 1.82. The largest absolute Gasteiger partial charge is 0.369 e. The molecule has 3 nitrogen and oxygen atoms in total. The van der Waals surface area contributed by atoms with Gasteiger partial charge < -0.3 is 10.6 Å². The lowest BCUT2D eigenvalue weighted by atomic mass is 9.97. The van der Waals surface area contributed by atoms with E-state index in [1.165, 1.54) is 5.56 Å². The number of amides is 1. The maximum absolute atomic E-state index is 11.2. The van der Waals surface area contributed by atoms with Crippen LogP contribution >= 0.6 is 0 Å². The molecule has 1 aromatic carbocycles. The molecule has 1 aliphatic rings. The number of piperidine rings is 1. The summed E-state index contributed by atoms with van der Waals surface area (Å²) in [6, 6.07) is 10.6. The molecule has 1 aliphatic heterocycles. The number of nitrogens with two attached hydrogens (primary N) is 1. The number of hydrogen-bond donors (Lipinski definition) is 1. The molecule has 98 valence electrons. The van der Waals surface area contributed by atoms with E-state index in [1.54, 1.807) is 0 Å². The van der Waals surface area contributed by atoms with Crippen molar-refractivity contribution in [2.24, 2.45) is 11.7 Å². The highest BCUT2D eigenvalue weighted by molar-refractivity contribution is 5.76. The second-order valence-corrected chi connectivity index (χ2v) is 5.13. The molecule has 0 spiro atoms. The lowest BCUT2D eigenvalue weighted by molar-refractivity contribution is -0.123. The van der Waals surface area contributed by atoms with Crippen LogP contribution in [0.2, 0.25) is 0 Å². The van der Waals surface area contributed by atoms with Crippen LogP contribution in [0.5, 0.6) is 0 Å². The van der Waals surface area contributed by atoms with Crippen LogP contribution in [-0.2, 0) is 11.2 Å². The number of benzene rings is 1. The molecule has 0 unspecified atom stereocenters. The van der Waals surface area contributed by atoms with Gasteiger partial charge in [0.15, 0.2) is 0 Å². The average Bonchev–Trinajstić information content (AvgIpc) is 2.40. The van der Waals surface area contributed by atoms with E-state index in [0.717, 1.165) is 45.3 Å². The fraction of sp³-hybridized carbons (Fsp3) is 0.533. The number of primary amides is 1. The number of nitrogens with zero attached hydrogens (tertiary/aromatic N) is 1. The van der Waals surface area contributed by atoms with Gasteiger partial charge in [-0.2, -0.15) is 0 Å². The van der Waals surface area contributed by atoms with Crippen molar-refractivity contribution < 1.29 is 4.79 Å². The highest BCUT2D eigenvalue weighted by Gasteiger charge is 2.23. The Morgan fingerprint density at radius 1 is 1.33 bits per heavy atom. The standard InChI is InChI=1S/C15H22N2O/c16-15(18)14-9-5-11-17(12-14)10-4-8-13-6-2-1-3-7-13/h1-3,6-7,14H,4-5,8-12H2,(H2,16,18)/t14-/m1/s1. The molecule has 1 amide bonds. The highest BCUT2D eigenvalue weighted by Crippen LogP contribution is 2.16. The molecule has 1 fully saturated rings. The smallest absolute Gasteiger partial charge is 0.221 e. The van der Waals surface area contributed by atoms with Crippen molar-refractivity contribution >= 4 is 5.91 Å². The first kappa shape index (κ1) is 13.1. The van der Waals surface area contributed by atoms with Crippen LogP contribution < -0.4 is 5.73 Å². The first-order chi connectivity index (χ1) is 8.75. The third-order valence-corrected chi connectivity index (χ3v) is 3.69. The summed E-state index contributed by atoms with van der Waals surface area (Å²) in [6.07, 6.45) is 4.32. The molecule has 0 aromatic heterocycles. The van der Waals surface area contributed by atoms with Crippen LogP contribution in [-0.4, -0.2) is 30.4 Å². The van der Waals surface area contributed by atoms with Crippen molar-refractivity contribution in [3.05, 3.63) is 35.9 Å². The molecule has 1 aromatic rings. The molecule has 0 aliphatic carbocycles. The van der Waals surface area contributed by atoms with E-state index < -0.39 is 0 Å². The minimum absolute atomic E-state index is 0.0653. The number of carbonyl (C=O) groups excluding carboxylic acids is 1. The zero-order valence-electron chi connectivity index (χ0n) is 10.8. The fourth-order valence-corrected chi connectivity index (χ4v) is 2.64. The van der Waals surface area contributed by atoms with E-state index >= 15 is 0 Å². The molecule has 0 radical (unpaired) electrons. The Labute approximate surface area is 109 Å². The van der Waals surface area contributed by atoms with Gasteiger partial charge in [-0.3, -0.25) is 4.79 Å². The van der Waals surface area contributed by atoms with Gasteiger partial charge in [0, 0.05) is 6.54 Å². The number of hydrogen-bond acceptors (Lipinski definition) is 2. The second-order valence-electron chi connectivity index (χ2n) is 5.13. The Hall–Kier alpha value is -1.35. The quantitative estimate of drug-likeness (QED) is 0.861. The molecular weight excluding hydrogens is 224 g/mol. The lowest BCUT2D eigenvalue weighted by Gasteiger charge is -2.31. The Balaban J connectivity index is 1.72. The summed E-state index contributed by atoms with van der Waals surface area (Å²) in [5.41, 5.74) is 6.77. The molecule has 3 heteroatoms. The van der Waals surface area contributed by atoms with Gasteiger partial charge >= 0.3 is 0 Å². The Morgan fingerprint density at radius 3 is 2.83 bits per heavy atom. The normalized spacial score (nSPS) is 20.8. The molecule has 1 atom stereocenters. The zero-order chi connectivity index (χ0) is 12.8. The van der Waals surface area contributed by atoms with Gasteiger partial charge in [-0.1, -0.05) is 30.3 Å². The molecule has 0 bridgehead atoms. The van der Waals surface area contributed by atoms with Crippen molar-refractivity contribution in [1.82, 2.24) is 4.90 Å². The van der Waals surface area contributed by atoms with E-state index in [-0.39, 0.29) is 11.8 Å². The Bertz CT molecular complexity index is 377. The van der Waals surface area contributed by atoms with E-state index in [4.69, 9.17) is 5.73 Å². The maximum atomic E-state index is 11.2. The third-order valence-electron chi connectivity index (χ3n) is 3.69. The topological polar surface area (TPSA) is 46.3 Å². The van der Waals surface area contributed by atoms with Gasteiger partial charge in [-0.25, -0.2) is 0 Å². The van der Waals surface area contributed by atoms with Crippen molar-refractivity contribution in [2.45, 2.75) is 25.7 Å². The molecule has 18 heavy (non-hydrogen) atoms. The summed E-state index contributed by atoms with van der Waals surface area (Å²) in [4.78, 5) is 13.6. The summed E-state index contributed by atoms with van der Waals surface area (Å²) in [6.45, 7) is 3.03. The summed E-state index contributed by atoms with van der Waals surface area (Å²) in [7, 11) is 0. The first-order valence-corrected chi connectivity index (χ1v) is 6.81. The molecule has 2 rings (SSSR count). The van der Waals surface area contributed by atoms with Crippen molar-refractivity contribution in [1.29, 1.82) is 0 Å². The number of carbonyl (C=O) groups is 1. The molecule has 1 heterocycles. The number of rotatable bonds is 5. The first-order valence-electron chi connectivity index (χ1n) is 6.81. The van der Waals surface area contributed by atoms with Crippen LogP contribution in [0.15, 0.2) is 30.3 Å². The highest BCUT2D eigenvalue weighted by atomic mass is 16.1. The number of likely N-dealkylation sites (tertiary alicyclic amines) is 1. The SMILES string of the molecule is NC(=O)[C@@H]1CCCN(CCCc2ccccc2)C1. The van der Waals surface area contributed by atoms with Gasteiger partial charge in [0.05, 0.1) is 5.92 Å². The van der Waals surface area contributed by atoms with E-state index in [2.05, 4.69) is 29.2 Å². The predicted molar refractivity (Wildman–Crippen MR) is 73.1 cm³/mol. The van der Waals surface area contributed by atoms with E-state index in [9.17, 15) is 4.79 Å². The summed E-state index contributed by atoms with van der Waals surface area (Å²) in [5.74, 6) is -0.0711. The van der Waals surface area contributed by atoms with Crippen molar-refractivity contribution in [3.63, 3.8) is 0 Å². The second kappa shape index (κ2) is 6.55. The molecule has 2 N–H and O–H groups in total. The average molecular weight is 246 g/mol. The Kier molecular flexibility index (Phi) is 4.76. The van der Waals surface area contributed by atoms with E-state index in [1.807, 2.05) is 6.07 Å². The van der Waals surface area contributed by atoms with Crippen LogP contribution in [0.25, 0.3) is 0 Å². The van der Waals surface area contributed by atoms with Gasteiger partial charge in [0.1, 0.15) is 0 Å². The van der Waals surface area contributed by atoms with Crippen molar-refractivity contribution in [2.75, 3.05) is 19.6 Å². The lowest BCUT2D eigenvalue weighted by Crippen LogP contribution is -2.41. The summed E-state index contributed by atoms with van der Waals surface area (Å²) in [5, 5.41) is 0. The van der Waals surface area contributed by atoms with Gasteiger partial charge in [-0.05, 0) is 44.3 Å². The maximum Gasteiger partial charge on any atom is 0.221 e. The van der Waals surface area contributed by atoms with Gasteiger partial charge in [0.25, 0.3) is 0 Å². The molecular formula is C15H22N2O. The van der Waals surface area contributed by atoms with Crippen LogP contribution in [0, 0.1) is 5.92 Å². The Morgan fingerprint density at radius 2 is 2.11 bits per heavy atom. The minimum Gasteiger partial charge on any atom is -0.369 e. The molecule has 1 saturated heterocycles. The van der Waals surface area contributed by atoms with Gasteiger partial charge in [-0.15, -0.1) is 0 Å². The van der Waals surface area contributed by atoms with Crippen LogP contribution in [0.4, 0.5) is 0 Å². The fourth-order valence-electron chi connectivity index (χ4n) is 2.64. The van der Waals surface area contributed by atoms with E-state index in [0.29, 0.717) is 0 Å². The third kappa shape index (κ3) is 3.84. The summed E-state index contributed by atoms with van der Waals surface area (Å²) < 4.78 is 0. The monoisotopic (exact) mass is 246 g/mol. The summed E-state index contributed by atoms with van der Waals surface area (Å²) >= 11 is 0. The van der Waals surface area contributed by atoms with Gasteiger partial charge in [0.2, 0.25) is 5.91 Å². The zero-order valence-corrected chi connectivity index (χ0v) is 10.8. The minimum atomic E-state index is -0.136. The van der Waals surface area contributed by atoms with Crippen LogP contribution in [0.3, 0.4) is 0 Å². The molecule has 0 saturated carbocycles. The van der Waals surface area contributed by atoms with Crippen molar-refractivity contribution in [3.8, 4) is 0 Å².